The number of ether oxygens (including phenoxy) is 3. The van der Waals surface area contributed by atoms with Crippen molar-refractivity contribution in [3.05, 3.63) is 96.1 Å². The maximum absolute atomic E-state index is 14.5. The molecule has 2 N–H and O–H groups in total. The van der Waals surface area contributed by atoms with Crippen LogP contribution in [-0.2, 0) is 39.9 Å². The van der Waals surface area contributed by atoms with E-state index in [4.69, 9.17) is 14.2 Å². The van der Waals surface area contributed by atoms with Crippen molar-refractivity contribution < 1.29 is 38.5 Å². The fourth-order valence-corrected chi connectivity index (χ4v) is 7.38. The summed E-state index contributed by atoms with van der Waals surface area (Å²) in [5.74, 6) is -3.92. The van der Waals surface area contributed by atoms with E-state index in [1.807, 2.05) is 54.6 Å². The Balaban J connectivity index is 1.43. The number of carbonyl (C=O) groups excluding carboxylic acids is 4. The van der Waals surface area contributed by atoms with Crippen LogP contribution in [0.3, 0.4) is 0 Å². The first kappa shape index (κ1) is 32.6. The quantitative estimate of drug-likeness (QED) is 0.347. The smallest absolute Gasteiger partial charge is 0.313 e. The van der Waals surface area contributed by atoms with Crippen LogP contribution in [0.15, 0.2) is 85.0 Å². The lowest BCUT2D eigenvalue weighted by Crippen LogP contribution is -2.57. The number of cyclic esters (lactones) is 1. The Labute approximate surface area is 274 Å². The zero-order chi connectivity index (χ0) is 33.1. The first-order valence-corrected chi connectivity index (χ1v) is 16.1. The molecule has 0 saturated carbocycles. The molecule has 4 heterocycles. The molecule has 11 nitrogen and oxygen atoms in total. The molecule has 11 heteroatoms. The topological polar surface area (TPSA) is 135 Å². The Morgan fingerprint density at radius 1 is 1.02 bits per heavy atom. The number of aliphatic hydroxyl groups is 1. The number of allylic oxidation sites excluding steroid dienone is 1. The van der Waals surface area contributed by atoms with Gasteiger partial charge in [-0.3, -0.25) is 19.2 Å². The van der Waals surface area contributed by atoms with E-state index < -0.39 is 59.6 Å². The maximum Gasteiger partial charge on any atom is 0.313 e. The predicted octanol–water partition coefficient (Wildman–Crippen LogP) is 2.31. The van der Waals surface area contributed by atoms with E-state index in [1.54, 1.807) is 42.2 Å². The van der Waals surface area contributed by atoms with Gasteiger partial charge in [0.15, 0.2) is 0 Å². The third-order valence-electron chi connectivity index (χ3n) is 9.54. The van der Waals surface area contributed by atoms with Gasteiger partial charge in [0.05, 0.1) is 37.3 Å². The van der Waals surface area contributed by atoms with Crippen LogP contribution in [0.5, 0.6) is 0 Å². The molecule has 8 atom stereocenters. The van der Waals surface area contributed by atoms with Crippen molar-refractivity contribution in [1.29, 1.82) is 0 Å². The molecule has 47 heavy (non-hydrogen) atoms. The Kier molecular flexibility index (Phi) is 9.58. The molecule has 3 amide bonds. The van der Waals surface area contributed by atoms with Crippen LogP contribution in [0, 0.1) is 11.8 Å². The molecule has 1 spiro atoms. The number of rotatable bonds is 7. The first-order chi connectivity index (χ1) is 22.8. The average molecular weight is 644 g/mol. The highest BCUT2D eigenvalue weighted by Crippen LogP contribution is 2.54. The number of likely N-dealkylation sites (tertiary alicyclic amines) is 1. The minimum atomic E-state index is -1.50. The van der Waals surface area contributed by atoms with Gasteiger partial charge in [-0.25, -0.2) is 0 Å². The Hall–Kier alpha value is -4.32. The zero-order valence-corrected chi connectivity index (χ0v) is 26.6. The molecule has 0 radical (unpaired) electrons. The van der Waals surface area contributed by atoms with Gasteiger partial charge in [-0.15, -0.1) is 0 Å². The molecule has 2 fully saturated rings. The highest BCUT2D eigenvalue weighted by atomic mass is 16.6. The van der Waals surface area contributed by atoms with Crippen LogP contribution in [0.25, 0.3) is 0 Å². The third-order valence-corrected chi connectivity index (χ3v) is 9.54. The first-order valence-electron chi connectivity index (χ1n) is 16.1. The number of carbonyl (C=O) groups is 4. The van der Waals surface area contributed by atoms with Crippen molar-refractivity contribution in [1.82, 2.24) is 15.1 Å². The van der Waals surface area contributed by atoms with E-state index in [-0.39, 0.29) is 38.0 Å². The number of hydrogen-bond acceptors (Lipinski definition) is 8. The second-order valence-corrected chi connectivity index (χ2v) is 12.6. The summed E-state index contributed by atoms with van der Waals surface area (Å²) in [6.45, 7) is 1.95. The van der Waals surface area contributed by atoms with Gasteiger partial charge in [0.2, 0.25) is 17.7 Å². The van der Waals surface area contributed by atoms with Crippen LogP contribution >= 0.6 is 0 Å². The second-order valence-electron chi connectivity index (χ2n) is 12.6. The number of benzene rings is 2. The Morgan fingerprint density at radius 3 is 2.45 bits per heavy atom. The molecule has 0 aromatic heterocycles. The number of methoxy groups -OCH3 is 1. The normalized spacial score (nSPS) is 32.2. The minimum absolute atomic E-state index is 0.0731. The molecule has 2 aromatic rings. The molecule has 0 aliphatic carbocycles. The number of hydrogen-bond donors (Lipinski definition) is 2. The summed E-state index contributed by atoms with van der Waals surface area (Å²) >= 11 is 0. The van der Waals surface area contributed by atoms with Crippen LogP contribution in [0.2, 0.25) is 0 Å². The molecule has 6 rings (SSSR count). The van der Waals surface area contributed by atoms with Gasteiger partial charge in [0.25, 0.3) is 0 Å². The summed E-state index contributed by atoms with van der Waals surface area (Å²) < 4.78 is 18.4. The van der Waals surface area contributed by atoms with Gasteiger partial charge >= 0.3 is 5.97 Å². The van der Waals surface area contributed by atoms with Gasteiger partial charge in [0.1, 0.15) is 23.7 Å². The lowest BCUT2D eigenvalue weighted by molar-refractivity contribution is -0.163. The van der Waals surface area contributed by atoms with Gasteiger partial charge < -0.3 is 34.4 Å². The van der Waals surface area contributed by atoms with Crippen molar-refractivity contribution in [2.75, 3.05) is 26.9 Å². The average Bonchev–Trinajstić information content (AvgIpc) is 3.48. The lowest BCUT2D eigenvalue weighted by Gasteiger charge is -2.37. The van der Waals surface area contributed by atoms with Gasteiger partial charge in [-0.1, -0.05) is 85.0 Å². The molecular formula is C36H41N3O8. The van der Waals surface area contributed by atoms with Crippen LogP contribution < -0.4 is 5.32 Å². The molecule has 0 bridgehead atoms. The van der Waals surface area contributed by atoms with Gasteiger partial charge in [-0.05, 0) is 24.5 Å². The van der Waals surface area contributed by atoms with Gasteiger partial charge in [-0.2, -0.15) is 0 Å². The number of esters is 1. The lowest BCUT2D eigenvalue weighted by atomic mass is 9.77. The number of aliphatic hydroxyl groups excluding tert-OH is 1. The molecule has 4 aliphatic rings. The van der Waals surface area contributed by atoms with Crippen molar-refractivity contribution in [3.63, 3.8) is 0 Å². The summed E-state index contributed by atoms with van der Waals surface area (Å²) in [5, 5.41) is 13.2. The summed E-state index contributed by atoms with van der Waals surface area (Å²) in [6, 6.07) is 16.1. The van der Waals surface area contributed by atoms with E-state index >= 15 is 0 Å². The van der Waals surface area contributed by atoms with E-state index in [1.165, 1.54) is 12.0 Å². The van der Waals surface area contributed by atoms with Crippen LogP contribution in [0.1, 0.15) is 37.0 Å². The van der Waals surface area contributed by atoms with Crippen molar-refractivity contribution in [3.8, 4) is 0 Å². The summed E-state index contributed by atoms with van der Waals surface area (Å²) in [6.07, 6.45) is 5.74. The molecule has 4 aliphatic heterocycles. The van der Waals surface area contributed by atoms with E-state index in [0.29, 0.717) is 18.5 Å². The van der Waals surface area contributed by atoms with Crippen molar-refractivity contribution in [2.24, 2.45) is 11.8 Å². The zero-order valence-electron chi connectivity index (χ0n) is 26.6. The van der Waals surface area contributed by atoms with Crippen molar-refractivity contribution in [2.45, 2.75) is 62.2 Å². The highest BCUT2D eigenvalue weighted by molar-refractivity contribution is 5.99. The highest BCUT2D eigenvalue weighted by Gasteiger charge is 2.72. The maximum atomic E-state index is 14.5. The number of amides is 3. The summed E-state index contributed by atoms with van der Waals surface area (Å²) in [4.78, 5) is 59.5. The standard InChI is InChI=1S/C36H41N3O8/c1-23(21-40)39-32-34(43)38(20-24-12-5-3-6-13-24)19-11-18-36(32)30(33(39)42)29-27(47-36)16-9-10-17-28(41)37-26(22-45-2)31(46-35(29)44)25-14-7-4-8-15-25/h3-9,11-16,18,23,26-27,29-32,40H,10,17,19-22H2,1-2H3,(H,37,41)/b16-9-/t23-,26+,27+,29-,30-,31+,32+,36-/m1/s1. The van der Waals surface area contributed by atoms with Crippen molar-refractivity contribution >= 4 is 23.7 Å². The molecule has 248 valence electrons. The molecule has 2 saturated heterocycles. The van der Waals surface area contributed by atoms with Crippen LogP contribution in [0.4, 0.5) is 0 Å². The summed E-state index contributed by atoms with van der Waals surface area (Å²) in [5.41, 5.74) is 0.0753. The predicted molar refractivity (Wildman–Crippen MR) is 170 cm³/mol. The Morgan fingerprint density at radius 2 is 1.74 bits per heavy atom. The van der Waals surface area contributed by atoms with Crippen LogP contribution in [-0.4, -0.2) is 95.3 Å². The second kappa shape index (κ2) is 13.8. The van der Waals surface area contributed by atoms with E-state index in [0.717, 1.165) is 5.56 Å². The molecular weight excluding hydrogens is 602 g/mol. The van der Waals surface area contributed by atoms with E-state index in [9.17, 15) is 24.3 Å². The third kappa shape index (κ3) is 6.10. The van der Waals surface area contributed by atoms with Gasteiger partial charge in [0, 0.05) is 26.6 Å². The summed E-state index contributed by atoms with van der Waals surface area (Å²) in [7, 11) is 1.50. The number of nitrogens with one attached hydrogen (secondary N) is 1. The van der Waals surface area contributed by atoms with E-state index in [2.05, 4.69) is 5.32 Å². The molecule has 2 aromatic carbocycles. The minimum Gasteiger partial charge on any atom is -0.455 e. The molecule has 0 unspecified atom stereocenters. The number of nitrogens with zero attached hydrogens (tertiary/aromatic N) is 2. The Bertz CT molecular complexity index is 1530. The SMILES string of the molecule is COC[C@@H]1NC(=O)CC/C=C\[C@@H]2O[C@@]34C=CCN(Cc5ccccc5)C(=O)[C@@H]3N([C@H](C)CO)C(=O)[C@H]4[C@@H]2C(=O)O[C@H]1c1ccccc1. The number of fused-ring (bicyclic) bond motifs is 2. The fraction of sp³-hybridized carbons (Fsp3) is 0.444. The fourth-order valence-electron chi connectivity index (χ4n) is 7.38. The largest absolute Gasteiger partial charge is 0.455 e. The monoisotopic (exact) mass is 643 g/mol.